The van der Waals surface area contributed by atoms with Crippen molar-refractivity contribution in [3.8, 4) is 6.07 Å². The number of hydrogen-bond donors (Lipinski definition) is 0. The number of nitrogens with zero attached hydrogens (tertiary/aromatic N) is 6. The molecule has 0 unspecified atom stereocenters. The van der Waals surface area contributed by atoms with Crippen LogP contribution in [0.2, 0.25) is 0 Å². The van der Waals surface area contributed by atoms with Gasteiger partial charge in [-0.1, -0.05) is 11.8 Å². The first-order valence-electron chi connectivity index (χ1n) is 8.05. The largest absolute Gasteiger partial charge is 0.861 e. The highest BCUT2D eigenvalue weighted by Gasteiger charge is 2.22. The van der Waals surface area contributed by atoms with Gasteiger partial charge in [-0.15, -0.1) is 0 Å². The van der Waals surface area contributed by atoms with Crippen LogP contribution in [0.4, 0.5) is 5.88 Å². The van der Waals surface area contributed by atoms with Crippen LogP contribution in [0, 0.1) is 18.3 Å². The number of thioether (sulfide) groups is 1. The Kier molecular flexibility index (Phi) is 5.50. The molecule has 0 radical (unpaired) electrons. The Hall–Kier alpha value is -2.60. The van der Waals surface area contributed by atoms with Crippen molar-refractivity contribution in [2.45, 2.75) is 31.2 Å². The molecule has 25 heavy (non-hydrogen) atoms. The summed E-state index contributed by atoms with van der Waals surface area (Å²) in [5.74, 6) is -0.108. The Labute approximate surface area is 149 Å². The summed E-state index contributed by atoms with van der Waals surface area (Å²) in [7, 11) is 0. The van der Waals surface area contributed by atoms with Crippen LogP contribution < -0.4 is 14.9 Å². The lowest BCUT2D eigenvalue weighted by Crippen LogP contribution is -2.60. The molecule has 0 amide bonds. The number of pyridine rings is 1. The number of piperidine rings is 1. The van der Waals surface area contributed by atoms with Crippen molar-refractivity contribution >= 4 is 23.5 Å². The maximum Gasteiger partial charge on any atom is 0.324 e. The Morgan fingerprint density at radius 3 is 3.00 bits per heavy atom. The number of aromatic nitrogens is 3. The molecule has 0 bridgehead atoms. The van der Waals surface area contributed by atoms with E-state index in [2.05, 4.69) is 26.3 Å². The monoisotopic (exact) mass is 358 g/mol. The lowest BCUT2D eigenvalue weighted by molar-refractivity contribution is -0.759. The minimum atomic E-state index is -0.362. The van der Waals surface area contributed by atoms with Crippen LogP contribution in [0.3, 0.4) is 0 Å². The average Bonchev–Trinajstić information content (AvgIpc) is 3.09. The molecule has 3 heterocycles. The highest BCUT2D eigenvalue weighted by Crippen LogP contribution is 2.20. The van der Waals surface area contributed by atoms with Gasteiger partial charge in [-0.2, -0.15) is 10.3 Å². The molecule has 2 aromatic rings. The Morgan fingerprint density at radius 2 is 2.24 bits per heavy atom. The standard InChI is InChI=1S/C16H18N6O2S/c1-12-5-6-13(9-17)16(18-12)25-11-14(23)19-15-10-22(20-24-15)21-7-3-2-4-8-21/h5-6,10H,2-4,7-8,11H2,1H3. The third kappa shape index (κ3) is 4.48. The van der Waals surface area contributed by atoms with Crippen molar-refractivity contribution in [3.63, 3.8) is 0 Å². The van der Waals surface area contributed by atoms with Crippen LogP contribution >= 0.6 is 11.8 Å². The van der Waals surface area contributed by atoms with Crippen LogP contribution in [0.15, 0.2) is 32.9 Å². The van der Waals surface area contributed by atoms with E-state index < -0.39 is 0 Å². The number of aryl methyl sites for hydroxylation is 1. The second kappa shape index (κ2) is 7.98. The van der Waals surface area contributed by atoms with Gasteiger partial charge in [0.2, 0.25) is 5.27 Å². The highest BCUT2D eigenvalue weighted by atomic mass is 32.2. The first kappa shape index (κ1) is 17.2. The van der Waals surface area contributed by atoms with E-state index in [9.17, 15) is 5.11 Å². The van der Waals surface area contributed by atoms with Gasteiger partial charge in [0, 0.05) is 11.4 Å². The summed E-state index contributed by atoms with van der Waals surface area (Å²) in [5, 5.41) is 27.6. The molecule has 0 atom stereocenters. The zero-order chi connectivity index (χ0) is 17.6. The van der Waals surface area contributed by atoms with Gasteiger partial charge in [0.05, 0.1) is 23.4 Å². The van der Waals surface area contributed by atoms with Gasteiger partial charge in [0.1, 0.15) is 11.1 Å². The Bertz CT molecular complexity index is 807. The smallest absolute Gasteiger partial charge is 0.324 e. The van der Waals surface area contributed by atoms with E-state index in [1.807, 2.05) is 6.92 Å². The van der Waals surface area contributed by atoms with E-state index in [1.54, 1.807) is 23.1 Å². The molecule has 1 aliphatic rings. The minimum Gasteiger partial charge on any atom is -0.861 e. The third-order valence-electron chi connectivity index (χ3n) is 3.75. The summed E-state index contributed by atoms with van der Waals surface area (Å²) in [6.07, 6.45) is 5.07. The fraction of sp³-hybridized carbons (Fsp3) is 0.438. The van der Waals surface area contributed by atoms with Crippen molar-refractivity contribution in [2.24, 2.45) is 4.99 Å². The zero-order valence-corrected chi connectivity index (χ0v) is 14.7. The summed E-state index contributed by atoms with van der Waals surface area (Å²) < 4.78 is 5.11. The second-order valence-electron chi connectivity index (χ2n) is 5.69. The van der Waals surface area contributed by atoms with Gasteiger partial charge < -0.3 is 5.11 Å². The molecule has 0 aromatic carbocycles. The van der Waals surface area contributed by atoms with Gasteiger partial charge in [0.15, 0.2) is 0 Å². The summed E-state index contributed by atoms with van der Waals surface area (Å²) in [6, 6.07) is 5.54. The SMILES string of the molecule is Cc1ccc(C#N)c(SC/C([O-])=N/c2c[n+](N3CCCCC3)no2)n1. The average molecular weight is 358 g/mol. The molecule has 0 saturated carbocycles. The van der Waals surface area contributed by atoms with Crippen molar-refractivity contribution in [1.29, 1.82) is 5.26 Å². The molecule has 130 valence electrons. The zero-order valence-electron chi connectivity index (χ0n) is 13.9. The van der Waals surface area contributed by atoms with Crippen LogP contribution in [-0.4, -0.2) is 35.0 Å². The van der Waals surface area contributed by atoms with Crippen molar-refractivity contribution < 1.29 is 14.4 Å². The lowest BCUT2D eigenvalue weighted by Gasteiger charge is -2.17. The molecule has 0 spiro atoms. The maximum atomic E-state index is 12.0. The second-order valence-corrected chi connectivity index (χ2v) is 6.65. The van der Waals surface area contributed by atoms with Crippen LogP contribution in [0.5, 0.6) is 0 Å². The van der Waals surface area contributed by atoms with Gasteiger partial charge in [-0.05, 0) is 44.2 Å². The van der Waals surface area contributed by atoms with E-state index in [1.165, 1.54) is 18.2 Å². The topological polar surface area (TPSA) is 105 Å². The summed E-state index contributed by atoms with van der Waals surface area (Å²) in [6.45, 7) is 3.66. The maximum absolute atomic E-state index is 12.0. The summed E-state index contributed by atoms with van der Waals surface area (Å²) >= 11 is 1.19. The first-order chi connectivity index (χ1) is 12.2. The number of rotatable bonds is 5. The molecule has 0 N–H and O–H groups in total. The van der Waals surface area contributed by atoms with Crippen molar-refractivity contribution in [3.05, 3.63) is 29.6 Å². The Morgan fingerprint density at radius 1 is 1.44 bits per heavy atom. The molecule has 9 heteroatoms. The van der Waals surface area contributed by atoms with Crippen molar-refractivity contribution in [2.75, 3.05) is 23.9 Å². The van der Waals surface area contributed by atoms with E-state index in [4.69, 9.17) is 9.78 Å². The van der Waals surface area contributed by atoms with Gasteiger partial charge in [-0.3, -0.25) is 4.52 Å². The molecule has 2 aromatic heterocycles. The molecule has 1 saturated heterocycles. The molecule has 1 aliphatic heterocycles. The van der Waals surface area contributed by atoms with Crippen LogP contribution in [0.25, 0.3) is 0 Å². The van der Waals surface area contributed by atoms with E-state index in [0.717, 1.165) is 31.6 Å². The van der Waals surface area contributed by atoms with Gasteiger partial charge in [-0.25, -0.2) is 9.98 Å². The number of aliphatic imine (C=N–C) groups is 1. The number of nitriles is 1. The normalized spacial score (nSPS) is 15.2. The predicted octanol–water partition coefficient (Wildman–Crippen LogP) is 0.842. The first-order valence-corrected chi connectivity index (χ1v) is 9.03. The molecule has 8 nitrogen and oxygen atoms in total. The Balaban J connectivity index is 1.63. The summed E-state index contributed by atoms with van der Waals surface area (Å²) in [4.78, 5) is 9.81. The van der Waals surface area contributed by atoms with E-state index in [0.29, 0.717) is 10.6 Å². The van der Waals surface area contributed by atoms with Gasteiger partial charge >= 0.3 is 5.88 Å². The van der Waals surface area contributed by atoms with E-state index in [-0.39, 0.29) is 17.5 Å². The molecule has 3 rings (SSSR count). The fourth-order valence-corrected chi connectivity index (χ4v) is 3.31. The highest BCUT2D eigenvalue weighted by molar-refractivity contribution is 7.99. The van der Waals surface area contributed by atoms with E-state index >= 15 is 0 Å². The minimum absolute atomic E-state index is 0.0789. The van der Waals surface area contributed by atoms with Crippen molar-refractivity contribution in [1.82, 2.24) is 10.3 Å². The number of hydrogen-bond acceptors (Lipinski definition) is 8. The molecular weight excluding hydrogens is 340 g/mol. The quantitative estimate of drug-likeness (QED) is 0.337. The molecule has 1 fully saturated rings. The van der Waals surface area contributed by atoms with Crippen LogP contribution in [-0.2, 0) is 0 Å². The van der Waals surface area contributed by atoms with Gasteiger partial charge in [0.25, 0.3) is 6.20 Å². The fourth-order valence-electron chi connectivity index (χ4n) is 2.51. The lowest BCUT2D eigenvalue weighted by atomic mass is 10.2. The van der Waals surface area contributed by atoms with Crippen LogP contribution in [0.1, 0.15) is 30.5 Å². The molecule has 0 aliphatic carbocycles. The summed E-state index contributed by atoms with van der Waals surface area (Å²) in [5.41, 5.74) is 1.25. The predicted molar refractivity (Wildman–Crippen MR) is 90.0 cm³/mol. The third-order valence-corrected chi connectivity index (χ3v) is 4.73. The molecular formula is C16H18N6O2S.